The normalized spacial score (nSPS) is 19.5. The summed E-state index contributed by atoms with van der Waals surface area (Å²) < 4.78 is 24.7. The van der Waals surface area contributed by atoms with Crippen LogP contribution < -0.4 is 4.31 Å². The van der Waals surface area contributed by atoms with Crippen molar-refractivity contribution in [1.82, 2.24) is 0 Å². The molecule has 1 aliphatic rings. The molecule has 15 heavy (non-hydrogen) atoms. The highest BCUT2D eigenvalue weighted by Crippen LogP contribution is 2.31. The standard InChI is InChI=1S/C9H8BrNO3S/c10-7-3-1-2-4-8(7)11-9(12)5-6-15(11,13)14/h1-4H,5-6H2. The van der Waals surface area contributed by atoms with Crippen molar-refractivity contribution in [2.45, 2.75) is 6.42 Å². The molecule has 0 radical (unpaired) electrons. The number of carbonyl (C=O) groups excluding carboxylic acids is 1. The van der Waals surface area contributed by atoms with Gasteiger partial charge in [-0.1, -0.05) is 12.1 Å². The van der Waals surface area contributed by atoms with Gasteiger partial charge in [0.25, 0.3) is 0 Å². The van der Waals surface area contributed by atoms with Gasteiger partial charge < -0.3 is 0 Å². The number of nitrogens with zero attached hydrogens (tertiary/aromatic N) is 1. The SMILES string of the molecule is O=C1CCS(=O)(=O)N1c1ccccc1Br. The van der Waals surface area contributed by atoms with Crippen molar-refractivity contribution in [2.75, 3.05) is 10.1 Å². The zero-order chi connectivity index (χ0) is 11.1. The second kappa shape index (κ2) is 3.61. The smallest absolute Gasteiger partial charge is 0.242 e. The van der Waals surface area contributed by atoms with Crippen LogP contribution in [0.4, 0.5) is 5.69 Å². The lowest BCUT2D eigenvalue weighted by Crippen LogP contribution is -2.29. The number of hydrogen-bond donors (Lipinski definition) is 0. The molecule has 0 bridgehead atoms. The van der Waals surface area contributed by atoms with Crippen molar-refractivity contribution in [2.24, 2.45) is 0 Å². The molecule has 0 saturated carbocycles. The van der Waals surface area contributed by atoms with Crippen LogP contribution in [0, 0.1) is 0 Å². The average molecular weight is 290 g/mol. The minimum atomic E-state index is -3.46. The molecule has 80 valence electrons. The maximum absolute atomic E-state index is 11.6. The number of carbonyl (C=O) groups is 1. The predicted molar refractivity (Wildman–Crippen MR) is 60.0 cm³/mol. The summed E-state index contributed by atoms with van der Waals surface area (Å²) in [4.78, 5) is 11.5. The molecule has 0 atom stereocenters. The quantitative estimate of drug-likeness (QED) is 0.788. The number of para-hydroxylation sites is 1. The lowest BCUT2D eigenvalue weighted by molar-refractivity contribution is -0.116. The Kier molecular flexibility index (Phi) is 2.56. The summed E-state index contributed by atoms with van der Waals surface area (Å²) in [6.45, 7) is 0. The van der Waals surface area contributed by atoms with Crippen molar-refractivity contribution in [3.63, 3.8) is 0 Å². The van der Waals surface area contributed by atoms with Gasteiger partial charge in [0.2, 0.25) is 15.9 Å². The van der Waals surface area contributed by atoms with Gasteiger partial charge in [0.05, 0.1) is 11.4 Å². The van der Waals surface area contributed by atoms with Crippen LogP contribution in [0.1, 0.15) is 6.42 Å². The summed E-state index contributed by atoms with van der Waals surface area (Å²) in [5.41, 5.74) is 0.389. The molecular formula is C9H8BrNO3S. The molecule has 0 unspecified atom stereocenters. The van der Waals surface area contributed by atoms with E-state index in [4.69, 9.17) is 0 Å². The third-order valence-corrected chi connectivity index (χ3v) is 4.50. The van der Waals surface area contributed by atoms with Crippen LogP contribution >= 0.6 is 15.9 Å². The summed E-state index contributed by atoms with van der Waals surface area (Å²) >= 11 is 3.23. The third-order valence-electron chi connectivity index (χ3n) is 2.15. The molecule has 1 aliphatic heterocycles. The van der Waals surface area contributed by atoms with Crippen LogP contribution in [0.15, 0.2) is 28.7 Å². The Morgan fingerprint density at radius 3 is 2.47 bits per heavy atom. The van der Waals surface area contributed by atoms with Gasteiger partial charge >= 0.3 is 0 Å². The molecular weight excluding hydrogens is 282 g/mol. The Balaban J connectivity index is 2.56. The Bertz CT molecular complexity index is 512. The van der Waals surface area contributed by atoms with Crippen LogP contribution in [0.25, 0.3) is 0 Å². The van der Waals surface area contributed by atoms with Gasteiger partial charge in [-0.15, -0.1) is 0 Å². The Morgan fingerprint density at radius 1 is 1.27 bits per heavy atom. The first-order chi connectivity index (χ1) is 7.02. The van der Waals surface area contributed by atoms with E-state index < -0.39 is 10.0 Å². The van der Waals surface area contributed by atoms with E-state index in [0.717, 1.165) is 4.31 Å². The van der Waals surface area contributed by atoms with Gasteiger partial charge in [0.1, 0.15) is 0 Å². The maximum Gasteiger partial charge on any atom is 0.242 e. The van der Waals surface area contributed by atoms with Crippen LogP contribution in [0.5, 0.6) is 0 Å². The van der Waals surface area contributed by atoms with Crippen LogP contribution in [-0.2, 0) is 14.8 Å². The van der Waals surface area contributed by atoms with Gasteiger partial charge in [0.15, 0.2) is 0 Å². The fraction of sp³-hybridized carbons (Fsp3) is 0.222. The average Bonchev–Trinajstić information content (AvgIpc) is 2.43. The number of anilines is 1. The minimum Gasteiger partial charge on any atom is -0.273 e. The number of amides is 1. The van der Waals surface area contributed by atoms with E-state index >= 15 is 0 Å². The molecule has 4 nitrogen and oxygen atoms in total. The molecule has 1 saturated heterocycles. The summed E-state index contributed by atoms with van der Waals surface area (Å²) in [7, 11) is -3.46. The first-order valence-electron chi connectivity index (χ1n) is 4.33. The number of rotatable bonds is 1. The zero-order valence-corrected chi connectivity index (χ0v) is 10.1. The molecule has 1 heterocycles. The topological polar surface area (TPSA) is 54.5 Å². The highest BCUT2D eigenvalue weighted by molar-refractivity contribution is 9.10. The number of sulfonamides is 1. The van der Waals surface area contributed by atoms with E-state index in [1.165, 1.54) is 0 Å². The summed E-state index contributed by atoms with van der Waals surface area (Å²) in [5.74, 6) is -0.477. The van der Waals surface area contributed by atoms with Gasteiger partial charge in [0, 0.05) is 10.9 Å². The lowest BCUT2D eigenvalue weighted by atomic mass is 10.3. The van der Waals surface area contributed by atoms with E-state index in [2.05, 4.69) is 15.9 Å². The second-order valence-electron chi connectivity index (χ2n) is 3.18. The maximum atomic E-state index is 11.6. The largest absolute Gasteiger partial charge is 0.273 e. The lowest BCUT2D eigenvalue weighted by Gasteiger charge is -2.16. The summed E-state index contributed by atoms with van der Waals surface area (Å²) in [6.07, 6.45) is 0.0592. The Hall–Kier alpha value is -0.880. The predicted octanol–water partition coefficient (Wildman–Crippen LogP) is 1.52. The Labute approximate surface area is 96.1 Å². The van der Waals surface area contributed by atoms with Crippen molar-refractivity contribution in [3.05, 3.63) is 28.7 Å². The highest BCUT2D eigenvalue weighted by atomic mass is 79.9. The number of benzene rings is 1. The van der Waals surface area contributed by atoms with Gasteiger partial charge in [-0.3, -0.25) is 4.79 Å². The molecule has 1 fully saturated rings. The van der Waals surface area contributed by atoms with Crippen LogP contribution in [0.2, 0.25) is 0 Å². The summed E-state index contributed by atoms with van der Waals surface area (Å²) in [5, 5.41) is 0. The van der Waals surface area contributed by atoms with Crippen molar-refractivity contribution >= 4 is 37.5 Å². The molecule has 0 aromatic heterocycles. The molecule has 6 heteroatoms. The van der Waals surface area contributed by atoms with Crippen LogP contribution in [-0.4, -0.2) is 20.1 Å². The highest BCUT2D eigenvalue weighted by Gasteiger charge is 2.36. The van der Waals surface area contributed by atoms with Crippen molar-refractivity contribution in [1.29, 1.82) is 0 Å². The molecule has 1 aromatic rings. The van der Waals surface area contributed by atoms with E-state index in [-0.39, 0.29) is 18.1 Å². The molecule has 1 amide bonds. The van der Waals surface area contributed by atoms with Gasteiger partial charge in [-0.25, -0.2) is 12.7 Å². The van der Waals surface area contributed by atoms with E-state index in [0.29, 0.717) is 10.2 Å². The van der Waals surface area contributed by atoms with Crippen LogP contribution in [0.3, 0.4) is 0 Å². The van der Waals surface area contributed by atoms with E-state index in [1.807, 2.05) is 0 Å². The third kappa shape index (κ3) is 1.79. The van der Waals surface area contributed by atoms with Gasteiger partial charge in [-0.2, -0.15) is 0 Å². The monoisotopic (exact) mass is 289 g/mol. The van der Waals surface area contributed by atoms with Gasteiger partial charge in [-0.05, 0) is 28.1 Å². The van der Waals surface area contributed by atoms with E-state index in [1.54, 1.807) is 24.3 Å². The Morgan fingerprint density at radius 2 is 1.93 bits per heavy atom. The van der Waals surface area contributed by atoms with Crippen molar-refractivity contribution < 1.29 is 13.2 Å². The number of hydrogen-bond acceptors (Lipinski definition) is 3. The number of halogens is 1. The second-order valence-corrected chi connectivity index (χ2v) is 5.97. The fourth-order valence-electron chi connectivity index (χ4n) is 1.46. The molecule has 0 N–H and O–H groups in total. The van der Waals surface area contributed by atoms with Crippen molar-refractivity contribution in [3.8, 4) is 0 Å². The zero-order valence-electron chi connectivity index (χ0n) is 7.68. The first kappa shape index (κ1) is 10.6. The molecule has 0 spiro atoms. The minimum absolute atomic E-state index is 0.0592. The molecule has 0 aliphatic carbocycles. The first-order valence-corrected chi connectivity index (χ1v) is 6.73. The fourth-order valence-corrected chi connectivity index (χ4v) is 3.52. The summed E-state index contributed by atoms with van der Waals surface area (Å²) in [6, 6.07) is 6.77. The van der Waals surface area contributed by atoms with E-state index in [9.17, 15) is 13.2 Å². The molecule has 2 rings (SSSR count). The molecule has 1 aromatic carbocycles.